The molecule has 1 atom stereocenters. The predicted octanol–water partition coefficient (Wildman–Crippen LogP) is 1.14. The summed E-state index contributed by atoms with van der Waals surface area (Å²) in [6.45, 7) is 6.61. The molecule has 3 heteroatoms. The number of amides is 1. The largest absolute Gasteiger partial charge is 0.447 e. The molecule has 1 aliphatic heterocycles. The van der Waals surface area contributed by atoms with E-state index in [0.717, 1.165) is 0 Å². The first kappa shape index (κ1) is 7.38. The molecule has 0 bridgehead atoms. The summed E-state index contributed by atoms with van der Waals surface area (Å²) in [6, 6.07) is 0. The van der Waals surface area contributed by atoms with Crippen molar-refractivity contribution in [2.75, 3.05) is 6.61 Å². The number of nitrogens with one attached hydrogen (secondary N) is 1. The van der Waals surface area contributed by atoms with E-state index < -0.39 is 0 Å². The van der Waals surface area contributed by atoms with Gasteiger partial charge in [-0.1, -0.05) is 13.8 Å². The van der Waals surface area contributed by atoms with E-state index in [1.807, 2.05) is 6.92 Å². The molecular formula is C7H13NO2. The lowest BCUT2D eigenvalue weighted by atomic mass is 9.90. The van der Waals surface area contributed by atoms with E-state index in [0.29, 0.717) is 12.5 Å². The van der Waals surface area contributed by atoms with E-state index in [-0.39, 0.29) is 11.6 Å². The van der Waals surface area contributed by atoms with Crippen molar-refractivity contribution in [1.82, 2.24) is 5.32 Å². The van der Waals surface area contributed by atoms with Crippen molar-refractivity contribution >= 4 is 6.09 Å². The summed E-state index contributed by atoms with van der Waals surface area (Å²) in [5.41, 5.74) is -0.156. The summed E-state index contributed by atoms with van der Waals surface area (Å²) in [5, 5.41) is 2.77. The molecule has 3 nitrogen and oxygen atoms in total. The van der Waals surface area contributed by atoms with Gasteiger partial charge in [0, 0.05) is 0 Å². The minimum atomic E-state index is -0.295. The monoisotopic (exact) mass is 143 g/mol. The Morgan fingerprint density at radius 3 is 2.50 bits per heavy atom. The number of carbonyl (C=O) groups excluding carboxylic acids is 1. The Kier molecular flexibility index (Phi) is 1.58. The van der Waals surface area contributed by atoms with Crippen LogP contribution in [0.2, 0.25) is 0 Å². The van der Waals surface area contributed by atoms with Crippen molar-refractivity contribution in [3.63, 3.8) is 0 Å². The average molecular weight is 143 g/mol. The van der Waals surface area contributed by atoms with Gasteiger partial charge in [-0.25, -0.2) is 4.79 Å². The van der Waals surface area contributed by atoms with Crippen LogP contribution < -0.4 is 5.32 Å². The molecule has 0 aromatic rings. The molecule has 1 saturated heterocycles. The SMILES string of the molecule is CC(C)C1(C)COC(=O)N1. The maximum atomic E-state index is 10.6. The summed E-state index contributed by atoms with van der Waals surface area (Å²) in [4.78, 5) is 10.6. The van der Waals surface area contributed by atoms with E-state index in [2.05, 4.69) is 19.2 Å². The molecule has 58 valence electrons. The smallest absolute Gasteiger partial charge is 0.407 e. The Balaban J connectivity index is 2.63. The van der Waals surface area contributed by atoms with Gasteiger partial charge in [0.25, 0.3) is 0 Å². The lowest BCUT2D eigenvalue weighted by molar-refractivity contribution is 0.168. The van der Waals surface area contributed by atoms with Gasteiger partial charge in [0.1, 0.15) is 6.61 Å². The van der Waals surface area contributed by atoms with E-state index in [1.165, 1.54) is 0 Å². The second kappa shape index (κ2) is 2.15. The molecule has 0 aliphatic carbocycles. The van der Waals surface area contributed by atoms with Crippen LogP contribution in [-0.4, -0.2) is 18.2 Å². The lowest BCUT2D eigenvalue weighted by Crippen LogP contribution is -2.44. The van der Waals surface area contributed by atoms with Gasteiger partial charge in [0.15, 0.2) is 0 Å². The van der Waals surface area contributed by atoms with Crippen LogP contribution in [0.1, 0.15) is 20.8 Å². The Bertz CT molecular complexity index is 156. The number of rotatable bonds is 1. The van der Waals surface area contributed by atoms with Gasteiger partial charge >= 0.3 is 6.09 Å². The Hall–Kier alpha value is -0.730. The first-order valence-corrected chi connectivity index (χ1v) is 3.49. The molecule has 1 fully saturated rings. The van der Waals surface area contributed by atoms with Crippen LogP contribution in [0.25, 0.3) is 0 Å². The molecule has 0 spiro atoms. The number of alkyl carbamates (subject to hydrolysis) is 1. The van der Waals surface area contributed by atoms with Gasteiger partial charge in [-0.2, -0.15) is 0 Å². The van der Waals surface area contributed by atoms with Crippen LogP contribution in [-0.2, 0) is 4.74 Å². The number of cyclic esters (lactones) is 1. The maximum Gasteiger partial charge on any atom is 0.407 e. The van der Waals surface area contributed by atoms with Crippen molar-refractivity contribution in [3.05, 3.63) is 0 Å². The van der Waals surface area contributed by atoms with Crippen LogP contribution in [0, 0.1) is 5.92 Å². The Morgan fingerprint density at radius 2 is 2.30 bits per heavy atom. The summed E-state index contributed by atoms with van der Waals surface area (Å²) in [7, 11) is 0. The van der Waals surface area contributed by atoms with E-state index in [4.69, 9.17) is 4.74 Å². The van der Waals surface area contributed by atoms with Crippen LogP contribution in [0.4, 0.5) is 4.79 Å². The second-order valence-electron chi connectivity index (χ2n) is 3.27. The number of hydrogen-bond donors (Lipinski definition) is 1. The molecule has 1 heterocycles. The first-order chi connectivity index (χ1) is 4.54. The topological polar surface area (TPSA) is 38.3 Å². The molecular weight excluding hydrogens is 130 g/mol. The number of hydrogen-bond acceptors (Lipinski definition) is 2. The normalized spacial score (nSPS) is 32.2. The molecule has 0 aromatic heterocycles. The summed E-state index contributed by atoms with van der Waals surface area (Å²) in [5.74, 6) is 0.416. The zero-order valence-corrected chi connectivity index (χ0v) is 6.60. The van der Waals surface area contributed by atoms with E-state index in [9.17, 15) is 4.79 Å². The highest BCUT2D eigenvalue weighted by Gasteiger charge is 2.37. The van der Waals surface area contributed by atoms with Crippen molar-refractivity contribution in [2.45, 2.75) is 26.3 Å². The molecule has 1 amide bonds. The van der Waals surface area contributed by atoms with Gasteiger partial charge in [-0.3, -0.25) is 0 Å². The fourth-order valence-corrected chi connectivity index (χ4v) is 0.832. The average Bonchev–Trinajstić information content (AvgIpc) is 2.13. The zero-order chi connectivity index (χ0) is 7.78. The second-order valence-corrected chi connectivity index (χ2v) is 3.27. The molecule has 1 aliphatic rings. The maximum absolute atomic E-state index is 10.6. The molecule has 1 rings (SSSR count). The number of ether oxygens (including phenoxy) is 1. The first-order valence-electron chi connectivity index (χ1n) is 3.49. The van der Waals surface area contributed by atoms with E-state index >= 15 is 0 Å². The Labute approximate surface area is 60.7 Å². The third-order valence-corrected chi connectivity index (χ3v) is 2.16. The summed E-state index contributed by atoms with van der Waals surface area (Å²) >= 11 is 0. The van der Waals surface area contributed by atoms with Crippen molar-refractivity contribution in [1.29, 1.82) is 0 Å². The van der Waals surface area contributed by atoms with Gasteiger partial charge in [-0.05, 0) is 12.8 Å². The zero-order valence-electron chi connectivity index (χ0n) is 6.60. The van der Waals surface area contributed by atoms with Crippen molar-refractivity contribution < 1.29 is 9.53 Å². The standard InChI is InChI=1S/C7H13NO2/c1-5(2)7(3)4-10-6(9)8-7/h5H,4H2,1-3H3,(H,8,9). The highest BCUT2D eigenvalue weighted by Crippen LogP contribution is 2.20. The predicted molar refractivity (Wildman–Crippen MR) is 37.7 cm³/mol. The van der Waals surface area contributed by atoms with Crippen molar-refractivity contribution in [3.8, 4) is 0 Å². The van der Waals surface area contributed by atoms with Crippen LogP contribution in [0.3, 0.4) is 0 Å². The molecule has 0 aromatic carbocycles. The van der Waals surface area contributed by atoms with Crippen LogP contribution in [0.15, 0.2) is 0 Å². The highest BCUT2D eigenvalue weighted by atomic mass is 16.6. The quantitative estimate of drug-likeness (QED) is 0.597. The van der Waals surface area contributed by atoms with Crippen LogP contribution >= 0.6 is 0 Å². The molecule has 1 unspecified atom stereocenters. The van der Waals surface area contributed by atoms with Crippen LogP contribution in [0.5, 0.6) is 0 Å². The lowest BCUT2D eigenvalue weighted by Gasteiger charge is -2.25. The molecule has 0 saturated carbocycles. The fraction of sp³-hybridized carbons (Fsp3) is 0.857. The third-order valence-electron chi connectivity index (χ3n) is 2.16. The van der Waals surface area contributed by atoms with Gasteiger partial charge in [-0.15, -0.1) is 0 Å². The third kappa shape index (κ3) is 1.08. The minimum absolute atomic E-state index is 0.156. The van der Waals surface area contributed by atoms with Gasteiger partial charge in [0.2, 0.25) is 0 Å². The number of carbonyl (C=O) groups is 1. The summed E-state index contributed by atoms with van der Waals surface area (Å²) in [6.07, 6.45) is -0.295. The van der Waals surface area contributed by atoms with E-state index in [1.54, 1.807) is 0 Å². The molecule has 1 N–H and O–H groups in total. The summed E-state index contributed by atoms with van der Waals surface area (Å²) < 4.78 is 4.78. The highest BCUT2D eigenvalue weighted by molar-refractivity contribution is 5.70. The van der Waals surface area contributed by atoms with Gasteiger partial charge < -0.3 is 10.1 Å². The molecule has 0 radical (unpaired) electrons. The van der Waals surface area contributed by atoms with Crippen molar-refractivity contribution in [2.24, 2.45) is 5.92 Å². The molecule has 10 heavy (non-hydrogen) atoms. The fourth-order valence-electron chi connectivity index (χ4n) is 0.832. The Morgan fingerprint density at radius 1 is 1.70 bits per heavy atom. The minimum Gasteiger partial charge on any atom is -0.447 e. The van der Waals surface area contributed by atoms with Gasteiger partial charge in [0.05, 0.1) is 5.54 Å².